The summed E-state index contributed by atoms with van der Waals surface area (Å²) in [5.74, 6) is 0.0118. The topological polar surface area (TPSA) is 20.3 Å². The Balaban J connectivity index is 1.95. The van der Waals surface area contributed by atoms with Crippen LogP contribution in [0.1, 0.15) is 31.2 Å². The summed E-state index contributed by atoms with van der Waals surface area (Å²) in [5.41, 5.74) is 1.51. The average molecular weight is 233 g/mol. The standard InChI is InChI=1S/C14H16FNO/c15-12-8-2-4-10-7-3-9-16(13(10)12)14(17)11-5-1-6-11/h2,4,8,11H,1,3,5-7,9H2. The second-order valence-corrected chi connectivity index (χ2v) is 4.97. The summed E-state index contributed by atoms with van der Waals surface area (Å²) in [6, 6.07) is 5.11. The number of halogens is 1. The van der Waals surface area contributed by atoms with Crippen LogP contribution in [0.25, 0.3) is 0 Å². The van der Waals surface area contributed by atoms with Crippen molar-refractivity contribution in [3.8, 4) is 0 Å². The Hall–Kier alpha value is -1.38. The van der Waals surface area contributed by atoms with Crippen molar-refractivity contribution in [2.45, 2.75) is 32.1 Å². The molecular weight excluding hydrogens is 217 g/mol. The molecule has 0 unspecified atom stereocenters. The van der Waals surface area contributed by atoms with Crippen molar-refractivity contribution in [2.24, 2.45) is 5.92 Å². The number of aryl methyl sites for hydroxylation is 1. The van der Waals surface area contributed by atoms with Gasteiger partial charge in [0.25, 0.3) is 0 Å². The number of hydrogen-bond acceptors (Lipinski definition) is 1. The molecule has 0 bridgehead atoms. The lowest BCUT2D eigenvalue weighted by molar-refractivity contribution is -0.124. The van der Waals surface area contributed by atoms with Gasteiger partial charge in [0.2, 0.25) is 5.91 Å². The fourth-order valence-corrected chi connectivity index (χ4v) is 2.70. The van der Waals surface area contributed by atoms with E-state index >= 15 is 0 Å². The first-order valence-electron chi connectivity index (χ1n) is 6.36. The van der Waals surface area contributed by atoms with Crippen molar-refractivity contribution in [1.82, 2.24) is 0 Å². The molecule has 0 N–H and O–H groups in total. The monoisotopic (exact) mass is 233 g/mol. The van der Waals surface area contributed by atoms with E-state index in [1.165, 1.54) is 6.07 Å². The highest BCUT2D eigenvalue weighted by Crippen LogP contribution is 2.35. The Labute approximate surface area is 100 Å². The minimum atomic E-state index is -0.255. The number of nitrogens with zero attached hydrogens (tertiary/aromatic N) is 1. The predicted molar refractivity (Wildman–Crippen MR) is 64.4 cm³/mol. The maximum atomic E-state index is 13.9. The normalized spacial score (nSPS) is 19.7. The Morgan fingerprint density at radius 2 is 2.12 bits per heavy atom. The molecule has 0 saturated heterocycles. The zero-order valence-electron chi connectivity index (χ0n) is 9.79. The van der Waals surface area contributed by atoms with Crippen molar-refractivity contribution < 1.29 is 9.18 Å². The first-order valence-corrected chi connectivity index (χ1v) is 6.36. The third kappa shape index (κ3) is 1.74. The van der Waals surface area contributed by atoms with E-state index in [1.54, 1.807) is 11.0 Å². The summed E-state index contributed by atoms with van der Waals surface area (Å²) in [4.78, 5) is 13.9. The van der Waals surface area contributed by atoms with Crippen LogP contribution in [0.15, 0.2) is 18.2 Å². The van der Waals surface area contributed by atoms with Crippen molar-refractivity contribution in [3.63, 3.8) is 0 Å². The molecule has 0 aromatic heterocycles. The van der Waals surface area contributed by atoms with Gasteiger partial charge in [-0.05, 0) is 37.3 Å². The largest absolute Gasteiger partial charge is 0.309 e. The van der Waals surface area contributed by atoms with Crippen LogP contribution in [0.2, 0.25) is 0 Å². The summed E-state index contributed by atoms with van der Waals surface area (Å²) >= 11 is 0. The highest BCUT2D eigenvalue weighted by molar-refractivity contribution is 5.96. The molecule has 3 heteroatoms. The predicted octanol–water partition coefficient (Wildman–Crippen LogP) is 2.91. The second kappa shape index (κ2) is 4.13. The number of carbonyl (C=O) groups is 1. The van der Waals surface area contributed by atoms with E-state index in [1.807, 2.05) is 6.07 Å². The molecule has 1 heterocycles. The molecule has 1 fully saturated rings. The van der Waals surface area contributed by atoms with Crippen molar-refractivity contribution >= 4 is 11.6 Å². The van der Waals surface area contributed by atoms with Gasteiger partial charge in [-0.25, -0.2) is 4.39 Å². The molecule has 1 aromatic rings. The van der Waals surface area contributed by atoms with Gasteiger partial charge in [0.15, 0.2) is 0 Å². The van der Waals surface area contributed by atoms with Crippen LogP contribution < -0.4 is 4.90 Å². The third-order valence-corrected chi connectivity index (χ3v) is 3.89. The molecule has 1 aliphatic carbocycles. The number of anilines is 1. The van der Waals surface area contributed by atoms with Gasteiger partial charge in [0, 0.05) is 12.5 Å². The molecule has 90 valence electrons. The van der Waals surface area contributed by atoms with Crippen LogP contribution >= 0.6 is 0 Å². The molecule has 0 atom stereocenters. The molecule has 2 nitrogen and oxygen atoms in total. The molecule has 1 amide bonds. The lowest BCUT2D eigenvalue weighted by Crippen LogP contribution is -2.42. The van der Waals surface area contributed by atoms with Crippen LogP contribution in [-0.2, 0) is 11.2 Å². The van der Waals surface area contributed by atoms with Gasteiger partial charge in [0.1, 0.15) is 5.82 Å². The Kier molecular flexibility index (Phi) is 2.61. The van der Waals surface area contributed by atoms with Gasteiger partial charge >= 0.3 is 0 Å². The molecule has 0 spiro atoms. The quantitative estimate of drug-likeness (QED) is 0.730. The zero-order chi connectivity index (χ0) is 11.8. The number of fused-ring (bicyclic) bond motifs is 1. The first kappa shape index (κ1) is 10.8. The van der Waals surface area contributed by atoms with Gasteiger partial charge in [-0.1, -0.05) is 18.6 Å². The number of benzene rings is 1. The fourth-order valence-electron chi connectivity index (χ4n) is 2.70. The zero-order valence-corrected chi connectivity index (χ0v) is 9.79. The third-order valence-electron chi connectivity index (χ3n) is 3.89. The summed E-state index contributed by atoms with van der Waals surface area (Å²) < 4.78 is 13.9. The molecule has 0 radical (unpaired) electrons. The molecule has 1 saturated carbocycles. The maximum absolute atomic E-state index is 13.9. The van der Waals surface area contributed by atoms with Crippen molar-refractivity contribution in [2.75, 3.05) is 11.4 Å². The van der Waals surface area contributed by atoms with Gasteiger partial charge in [-0.2, -0.15) is 0 Å². The molecule has 2 aliphatic rings. The molecular formula is C14H16FNO. The minimum Gasteiger partial charge on any atom is -0.309 e. The lowest BCUT2D eigenvalue weighted by atomic mass is 9.83. The smallest absolute Gasteiger partial charge is 0.230 e. The Morgan fingerprint density at radius 3 is 2.82 bits per heavy atom. The van der Waals surface area contributed by atoms with Crippen molar-refractivity contribution in [1.29, 1.82) is 0 Å². The van der Waals surface area contributed by atoms with Crippen molar-refractivity contribution in [3.05, 3.63) is 29.6 Å². The highest BCUT2D eigenvalue weighted by atomic mass is 19.1. The fraction of sp³-hybridized carbons (Fsp3) is 0.500. The summed E-state index contributed by atoms with van der Waals surface area (Å²) in [6.45, 7) is 0.670. The molecule has 3 rings (SSSR count). The number of carbonyl (C=O) groups excluding carboxylic acids is 1. The molecule has 1 aromatic carbocycles. The Bertz CT molecular complexity index is 454. The lowest BCUT2D eigenvalue weighted by Gasteiger charge is -2.35. The maximum Gasteiger partial charge on any atom is 0.230 e. The highest BCUT2D eigenvalue weighted by Gasteiger charge is 2.33. The average Bonchev–Trinajstić information content (AvgIpc) is 2.26. The van der Waals surface area contributed by atoms with Crippen LogP contribution in [0.4, 0.5) is 10.1 Å². The van der Waals surface area contributed by atoms with Gasteiger partial charge in [-0.3, -0.25) is 4.79 Å². The van der Waals surface area contributed by atoms with E-state index in [0.29, 0.717) is 12.2 Å². The van der Waals surface area contributed by atoms with E-state index in [2.05, 4.69) is 0 Å². The van der Waals surface area contributed by atoms with Crippen LogP contribution in [0.3, 0.4) is 0 Å². The Morgan fingerprint density at radius 1 is 1.29 bits per heavy atom. The molecule has 17 heavy (non-hydrogen) atoms. The van der Waals surface area contributed by atoms with Crippen LogP contribution in [0.5, 0.6) is 0 Å². The second-order valence-electron chi connectivity index (χ2n) is 4.97. The molecule has 1 aliphatic heterocycles. The van der Waals surface area contributed by atoms with Crippen LogP contribution in [0, 0.1) is 11.7 Å². The minimum absolute atomic E-state index is 0.127. The number of hydrogen-bond donors (Lipinski definition) is 0. The number of para-hydroxylation sites is 1. The van der Waals surface area contributed by atoms with Gasteiger partial charge in [-0.15, -0.1) is 0 Å². The number of rotatable bonds is 1. The van der Waals surface area contributed by atoms with Gasteiger partial charge in [0.05, 0.1) is 5.69 Å². The first-order chi connectivity index (χ1) is 8.27. The summed E-state index contributed by atoms with van der Waals surface area (Å²) in [6.07, 6.45) is 4.89. The van der Waals surface area contributed by atoms with E-state index < -0.39 is 0 Å². The summed E-state index contributed by atoms with van der Waals surface area (Å²) in [7, 11) is 0. The van der Waals surface area contributed by atoms with E-state index in [9.17, 15) is 9.18 Å². The van der Waals surface area contributed by atoms with E-state index in [-0.39, 0.29) is 17.6 Å². The van der Waals surface area contributed by atoms with Crippen LogP contribution in [-0.4, -0.2) is 12.5 Å². The van der Waals surface area contributed by atoms with E-state index in [4.69, 9.17) is 0 Å². The van der Waals surface area contributed by atoms with Gasteiger partial charge < -0.3 is 4.90 Å². The SMILES string of the molecule is O=C(C1CCC1)N1CCCc2cccc(F)c21. The summed E-state index contributed by atoms with van der Waals surface area (Å²) in [5, 5.41) is 0. The van der Waals surface area contributed by atoms with E-state index in [0.717, 1.165) is 37.7 Å². The number of amides is 1.